The normalized spacial score (nSPS) is 13.3. The molecule has 0 heterocycles. The van der Waals surface area contributed by atoms with Crippen LogP contribution in [0, 0.1) is 0 Å². The summed E-state index contributed by atoms with van der Waals surface area (Å²) >= 11 is 5.79. The Morgan fingerprint density at radius 1 is 1.07 bits per heavy atom. The largest absolute Gasteiger partial charge is 0.516 e. The fraction of sp³-hybridized carbons (Fsp3) is 0.188. The van der Waals surface area contributed by atoms with E-state index in [1.807, 2.05) is 0 Å². The first-order valence-corrected chi connectivity index (χ1v) is 9.35. The monoisotopic (exact) mass is 460 g/mol. The summed E-state index contributed by atoms with van der Waals surface area (Å²) in [6.45, 7) is 1.24. The Hall–Kier alpha value is -2.47. The molecule has 0 atom stereocenters. The molecule has 0 amide bonds. The zero-order valence-electron chi connectivity index (χ0n) is 14.3. The van der Waals surface area contributed by atoms with Gasteiger partial charge in [0.05, 0.1) is 17.0 Å². The molecule has 158 valence electrons. The van der Waals surface area contributed by atoms with Crippen LogP contribution in [-0.4, -0.2) is 19.6 Å². The molecule has 0 saturated carbocycles. The first kappa shape index (κ1) is 22.8. The molecule has 0 unspecified atom stereocenters. The van der Waals surface area contributed by atoms with Crippen molar-refractivity contribution in [3.63, 3.8) is 0 Å². The predicted octanol–water partition coefficient (Wildman–Crippen LogP) is 5.42. The van der Waals surface area contributed by atoms with Crippen LogP contribution in [0.3, 0.4) is 0 Å². The molecule has 13 heteroatoms. The highest BCUT2D eigenvalue weighted by Gasteiger charge is 2.46. The molecule has 0 radical (unpaired) electrons. The van der Waals surface area contributed by atoms with Gasteiger partial charge in [0.25, 0.3) is 0 Å². The van der Waals surface area contributed by atoms with Crippen molar-refractivity contribution in [2.45, 2.75) is 18.6 Å². The molecule has 1 N–H and O–H groups in total. The van der Waals surface area contributed by atoms with Crippen molar-refractivity contribution in [2.24, 2.45) is 5.16 Å². The van der Waals surface area contributed by atoms with Gasteiger partial charge in [-0.05, 0) is 43.3 Å². The topological polar surface area (TPSA) is 67.8 Å². The molecule has 29 heavy (non-hydrogen) atoms. The zero-order chi connectivity index (χ0) is 22.0. The van der Waals surface area contributed by atoms with E-state index >= 15 is 0 Å². The Morgan fingerprint density at radius 3 is 2.31 bits per heavy atom. The van der Waals surface area contributed by atoms with Gasteiger partial charge in [-0.15, -0.1) is 0 Å². The van der Waals surface area contributed by atoms with Gasteiger partial charge in [0.1, 0.15) is 0 Å². The highest BCUT2D eigenvalue weighted by Crippen LogP contribution is 2.32. The molecular formula is C16H11ClF6N2O3S. The first-order valence-electron chi connectivity index (χ1n) is 7.48. The van der Waals surface area contributed by atoms with Crippen LogP contribution in [0.4, 0.5) is 32.0 Å². The van der Waals surface area contributed by atoms with E-state index < -0.39 is 33.0 Å². The minimum absolute atomic E-state index is 0.0450. The summed E-state index contributed by atoms with van der Waals surface area (Å²) < 4.78 is 100. The summed E-state index contributed by atoms with van der Waals surface area (Å²) in [6, 6.07) is 6.96. The lowest BCUT2D eigenvalue weighted by Gasteiger charge is -2.14. The maximum Gasteiger partial charge on any atom is 0.516 e. The summed E-state index contributed by atoms with van der Waals surface area (Å²) in [6.07, 6.45) is -4.62. The number of oxime groups is 1. The van der Waals surface area contributed by atoms with Gasteiger partial charge >= 0.3 is 21.7 Å². The minimum atomic E-state index is -5.72. The van der Waals surface area contributed by atoms with Crippen LogP contribution in [-0.2, 0) is 16.2 Å². The molecule has 0 bridgehead atoms. The molecular weight excluding hydrogens is 450 g/mol. The third-order valence-electron chi connectivity index (χ3n) is 3.37. The smallest absolute Gasteiger partial charge is 0.357 e. The summed E-state index contributed by atoms with van der Waals surface area (Å²) in [5, 5.41) is 3.60. The fourth-order valence-electron chi connectivity index (χ4n) is 2.01. The van der Waals surface area contributed by atoms with Gasteiger partial charge in [0, 0.05) is 10.6 Å². The van der Waals surface area contributed by atoms with Gasteiger partial charge in [-0.25, -0.2) is 0 Å². The average Bonchev–Trinajstić information content (AvgIpc) is 2.59. The van der Waals surface area contributed by atoms with Gasteiger partial charge in [-0.2, -0.15) is 34.8 Å². The Bertz CT molecular complexity index is 1040. The van der Waals surface area contributed by atoms with Crippen LogP contribution in [0.25, 0.3) is 0 Å². The SMILES string of the molecule is C/C(=N/Oc1cccc(C(F)(F)F)c1)c1cc(Cl)ccc1NS(=O)(=O)C(F)(F)F. The number of anilines is 1. The highest BCUT2D eigenvalue weighted by molar-refractivity contribution is 7.93. The number of hydrogen-bond acceptors (Lipinski definition) is 4. The molecule has 0 aliphatic rings. The molecule has 0 spiro atoms. The predicted molar refractivity (Wildman–Crippen MR) is 94.3 cm³/mol. The summed E-state index contributed by atoms with van der Waals surface area (Å²) in [5.41, 5.74) is -7.38. The van der Waals surface area contributed by atoms with E-state index in [-0.39, 0.29) is 22.0 Å². The summed E-state index contributed by atoms with van der Waals surface area (Å²) in [5.74, 6) is -0.293. The molecule has 0 saturated heterocycles. The van der Waals surface area contributed by atoms with Gasteiger partial charge in [-0.1, -0.05) is 22.8 Å². The van der Waals surface area contributed by atoms with Crippen molar-refractivity contribution in [1.29, 1.82) is 0 Å². The van der Waals surface area contributed by atoms with Crippen LogP contribution in [0.2, 0.25) is 5.02 Å². The number of rotatable bonds is 5. The molecule has 0 fully saturated rings. The van der Waals surface area contributed by atoms with Crippen molar-refractivity contribution >= 4 is 33.0 Å². The lowest BCUT2D eigenvalue weighted by Crippen LogP contribution is -2.30. The van der Waals surface area contributed by atoms with Gasteiger partial charge < -0.3 is 4.84 Å². The number of sulfonamides is 1. The highest BCUT2D eigenvalue weighted by atomic mass is 35.5. The van der Waals surface area contributed by atoms with Gasteiger partial charge in [0.15, 0.2) is 5.75 Å². The Kier molecular flexibility index (Phi) is 6.38. The average molecular weight is 461 g/mol. The van der Waals surface area contributed by atoms with Crippen LogP contribution in [0.5, 0.6) is 5.75 Å². The van der Waals surface area contributed by atoms with Crippen molar-refractivity contribution in [2.75, 3.05) is 4.72 Å². The quantitative estimate of drug-likeness (QED) is 0.368. The zero-order valence-corrected chi connectivity index (χ0v) is 15.8. The van der Waals surface area contributed by atoms with E-state index in [2.05, 4.69) is 5.16 Å². The van der Waals surface area contributed by atoms with Crippen molar-refractivity contribution in [3.05, 3.63) is 58.6 Å². The molecule has 0 aromatic heterocycles. The van der Waals surface area contributed by atoms with Crippen molar-refractivity contribution in [3.8, 4) is 5.75 Å². The lowest BCUT2D eigenvalue weighted by molar-refractivity contribution is -0.137. The third-order valence-corrected chi connectivity index (χ3v) is 4.70. The van der Waals surface area contributed by atoms with E-state index in [9.17, 15) is 34.8 Å². The van der Waals surface area contributed by atoms with Gasteiger partial charge in [-0.3, -0.25) is 4.72 Å². The van der Waals surface area contributed by atoms with Gasteiger partial charge in [0.2, 0.25) is 0 Å². The molecule has 0 aliphatic heterocycles. The van der Waals surface area contributed by atoms with E-state index in [0.29, 0.717) is 6.07 Å². The maximum absolute atomic E-state index is 12.7. The number of nitrogens with one attached hydrogen (secondary N) is 1. The Balaban J connectivity index is 2.36. The van der Waals surface area contributed by atoms with E-state index in [0.717, 1.165) is 30.3 Å². The Labute approximate surface area is 166 Å². The standard InChI is InChI=1S/C16H11ClF6N2O3S/c1-9(24-28-12-4-2-3-10(7-12)15(18,19)20)13-8-11(17)5-6-14(13)25-29(26,27)16(21,22)23/h2-8,25H,1H3/b24-9-. The van der Waals surface area contributed by atoms with Crippen LogP contribution in [0.15, 0.2) is 47.6 Å². The van der Waals surface area contributed by atoms with Crippen molar-refractivity contribution < 1.29 is 39.6 Å². The number of alkyl halides is 6. The van der Waals surface area contributed by atoms with Crippen LogP contribution in [0.1, 0.15) is 18.1 Å². The number of hydrogen-bond donors (Lipinski definition) is 1. The van der Waals surface area contributed by atoms with Crippen LogP contribution >= 0.6 is 11.6 Å². The Morgan fingerprint density at radius 2 is 1.72 bits per heavy atom. The molecule has 2 rings (SSSR count). The third kappa shape index (κ3) is 5.76. The minimum Gasteiger partial charge on any atom is -0.357 e. The number of halogens is 7. The second-order valence-electron chi connectivity index (χ2n) is 5.53. The first-order chi connectivity index (χ1) is 13.2. The molecule has 2 aromatic carbocycles. The van der Waals surface area contributed by atoms with E-state index in [1.54, 1.807) is 0 Å². The second-order valence-corrected chi connectivity index (χ2v) is 7.65. The summed E-state index contributed by atoms with van der Waals surface area (Å²) in [7, 11) is -5.72. The van der Waals surface area contributed by atoms with Crippen molar-refractivity contribution in [1.82, 2.24) is 0 Å². The number of nitrogens with zero attached hydrogens (tertiary/aromatic N) is 1. The lowest BCUT2D eigenvalue weighted by atomic mass is 10.1. The second kappa shape index (κ2) is 8.11. The van der Waals surface area contributed by atoms with E-state index in [1.165, 1.54) is 17.7 Å². The number of benzene rings is 2. The van der Waals surface area contributed by atoms with Crippen LogP contribution < -0.4 is 9.56 Å². The molecule has 5 nitrogen and oxygen atoms in total. The van der Waals surface area contributed by atoms with E-state index in [4.69, 9.17) is 16.4 Å². The fourth-order valence-corrected chi connectivity index (χ4v) is 2.76. The molecule has 0 aliphatic carbocycles. The maximum atomic E-state index is 12.7. The summed E-state index contributed by atoms with van der Waals surface area (Å²) in [4.78, 5) is 4.90. The molecule has 2 aromatic rings.